The number of aryl methyl sites for hydroxylation is 1. The van der Waals surface area contributed by atoms with Crippen LogP contribution in [0.5, 0.6) is 0 Å². The minimum absolute atomic E-state index is 0.0704. The van der Waals surface area contributed by atoms with Gasteiger partial charge in [-0.05, 0) is 44.0 Å². The molecule has 152 valence electrons. The van der Waals surface area contributed by atoms with E-state index in [1.165, 1.54) is 53.2 Å². The highest BCUT2D eigenvalue weighted by atomic mass is 32.1. The Bertz CT molecular complexity index is 1060. The van der Waals surface area contributed by atoms with E-state index in [1.807, 2.05) is 19.1 Å². The Kier molecular flexibility index (Phi) is 6.06. The molecule has 0 saturated carbocycles. The van der Waals surface area contributed by atoms with Crippen molar-refractivity contribution in [2.75, 3.05) is 13.1 Å². The standard InChI is InChI=1S/C22H26N4O2S/c1-16-14-26-21(28)19(13-24-22(26)29-16)20(27)23-12-17-7-6-8-18(11-17)15-25-9-4-2-3-5-10-25/h6-8,11,13-14H,2-5,9-10,12,15H2,1H3,(H,23,27). The second kappa shape index (κ2) is 8.88. The van der Waals surface area contributed by atoms with Crippen LogP contribution in [0, 0.1) is 6.92 Å². The fourth-order valence-corrected chi connectivity index (χ4v) is 4.60. The number of likely N-dealkylation sites (tertiary alicyclic amines) is 1. The van der Waals surface area contributed by atoms with Crippen molar-refractivity contribution >= 4 is 22.2 Å². The summed E-state index contributed by atoms with van der Waals surface area (Å²) in [5.41, 5.74) is 2.04. The first-order chi connectivity index (χ1) is 14.1. The lowest BCUT2D eigenvalue weighted by Crippen LogP contribution is -2.31. The second-order valence-corrected chi connectivity index (χ2v) is 8.88. The van der Waals surface area contributed by atoms with Crippen LogP contribution in [0.1, 0.15) is 52.0 Å². The van der Waals surface area contributed by atoms with Gasteiger partial charge in [0.25, 0.3) is 11.5 Å². The molecule has 6 nitrogen and oxygen atoms in total. The van der Waals surface area contributed by atoms with Crippen LogP contribution in [0.25, 0.3) is 4.96 Å². The van der Waals surface area contributed by atoms with Crippen LogP contribution < -0.4 is 10.9 Å². The zero-order valence-corrected chi connectivity index (χ0v) is 17.5. The molecule has 1 aliphatic heterocycles. The fraction of sp³-hybridized carbons (Fsp3) is 0.409. The molecular weight excluding hydrogens is 384 g/mol. The van der Waals surface area contributed by atoms with E-state index in [9.17, 15) is 9.59 Å². The maximum Gasteiger partial charge on any atom is 0.271 e. The lowest BCUT2D eigenvalue weighted by atomic mass is 10.1. The number of carbonyl (C=O) groups is 1. The second-order valence-electron chi connectivity index (χ2n) is 7.66. The average Bonchev–Trinajstić information content (AvgIpc) is 2.92. The molecule has 1 saturated heterocycles. The molecule has 0 radical (unpaired) electrons. The Morgan fingerprint density at radius 2 is 1.93 bits per heavy atom. The first-order valence-electron chi connectivity index (χ1n) is 10.2. The maximum absolute atomic E-state index is 12.6. The largest absolute Gasteiger partial charge is 0.348 e. The van der Waals surface area contributed by atoms with Gasteiger partial charge in [-0.25, -0.2) is 4.98 Å². The molecule has 4 rings (SSSR count). The van der Waals surface area contributed by atoms with Gasteiger partial charge in [0.2, 0.25) is 0 Å². The molecule has 2 aromatic heterocycles. The van der Waals surface area contributed by atoms with Crippen molar-refractivity contribution in [2.24, 2.45) is 0 Å². The van der Waals surface area contributed by atoms with E-state index in [1.54, 1.807) is 6.20 Å². The lowest BCUT2D eigenvalue weighted by molar-refractivity contribution is 0.0949. The Labute approximate surface area is 174 Å². The highest BCUT2D eigenvalue weighted by Crippen LogP contribution is 2.15. The predicted molar refractivity (Wildman–Crippen MR) is 115 cm³/mol. The Hall–Kier alpha value is -2.51. The van der Waals surface area contributed by atoms with Gasteiger partial charge in [0.1, 0.15) is 5.56 Å². The molecule has 0 atom stereocenters. The summed E-state index contributed by atoms with van der Waals surface area (Å²) in [6.07, 6.45) is 8.29. The van der Waals surface area contributed by atoms with Crippen LogP contribution in [-0.2, 0) is 13.1 Å². The molecule has 0 aliphatic carbocycles. The first kappa shape index (κ1) is 19.8. The average molecular weight is 411 g/mol. The minimum Gasteiger partial charge on any atom is -0.348 e. The number of fused-ring (bicyclic) bond motifs is 1. The van der Waals surface area contributed by atoms with Gasteiger partial charge in [-0.1, -0.05) is 37.1 Å². The third-order valence-corrected chi connectivity index (χ3v) is 6.23. The molecule has 1 aromatic carbocycles. The summed E-state index contributed by atoms with van der Waals surface area (Å²) >= 11 is 1.43. The van der Waals surface area contributed by atoms with E-state index in [4.69, 9.17) is 0 Å². The van der Waals surface area contributed by atoms with Crippen molar-refractivity contribution in [3.05, 3.63) is 68.6 Å². The van der Waals surface area contributed by atoms with Gasteiger partial charge in [0.05, 0.1) is 0 Å². The summed E-state index contributed by atoms with van der Waals surface area (Å²) < 4.78 is 1.44. The van der Waals surface area contributed by atoms with Crippen LogP contribution >= 0.6 is 11.3 Å². The van der Waals surface area contributed by atoms with Crippen molar-refractivity contribution < 1.29 is 4.79 Å². The molecule has 0 spiro atoms. The summed E-state index contributed by atoms with van der Waals surface area (Å²) in [4.78, 5) is 33.5. The Morgan fingerprint density at radius 3 is 2.72 bits per heavy atom. The molecule has 1 amide bonds. The molecule has 0 bridgehead atoms. The van der Waals surface area contributed by atoms with E-state index >= 15 is 0 Å². The van der Waals surface area contributed by atoms with Crippen molar-refractivity contribution in [2.45, 2.75) is 45.7 Å². The van der Waals surface area contributed by atoms with E-state index in [0.717, 1.165) is 30.1 Å². The van der Waals surface area contributed by atoms with E-state index < -0.39 is 5.91 Å². The van der Waals surface area contributed by atoms with E-state index in [0.29, 0.717) is 11.5 Å². The molecule has 1 N–H and O–H groups in total. The van der Waals surface area contributed by atoms with Crippen LogP contribution in [0.4, 0.5) is 0 Å². The molecule has 7 heteroatoms. The van der Waals surface area contributed by atoms with Gasteiger partial charge in [-0.15, -0.1) is 11.3 Å². The Morgan fingerprint density at radius 1 is 1.17 bits per heavy atom. The zero-order chi connectivity index (χ0) is 20.2. The summed E-state index contributed by atoms with van der Waals surface area (Å²) in [6.45, 7) is 5.56. The summed E-state index contributed by atoms with van der Waals surface area (Å²) in [6, 6.07) is 8.31. The quantitative estimate of drug-likeness (QED) is 0.700. The molecular formula is C22H26N4O2S. The van der Waals surface area contributed by atoms with Gasteiger partial charge in [-0.3, -0.25) is 18.9 Å². The number of hydrogen-bond donors (Lipinski definition) is 1. The minimum atomic E-state index is -0.390. The van der Waals surface area contributed by atoms with Gasteiger partial charge in [-0.2, -0.15) is 0 Å². The van der Waals surface area contributed by atoms with E-state index in [2.05, 4.69) is 27.3 Å². The highest BCUT2D eigenvalue weighted by Gasteiger charge is 2.15. The smallest absolute Gasteiger partial charge is 0.271 e. The molecule has 3 heterocycles. The number of hydrogen-bond acceptors (Lipinski definition) is 5. The Balaban J connectivity index is 1.41. The van der Waals surface area contributed by atoms with Crippen LogP contribution in [-0.4, -0.2) is 33.3 Å². The van der Waals surface area contributed by atoms with E-state index in [-0.39, 0.29) is 11.1 Å². The van der Waals surface area contributed by atoms with Crippen LogP contribution in [0.3, 0.4) is 0 Å². The summed E-state index contributed by atoms with van der Waals surface area (Å²) in [7, 11) is 0. The van der Waals surface area contributed by atoms with Crippen molar-refractivity contribution in [3.63, 3.8) is 0 Å². The third-order valence-electron chi connectivity index (χ3n) is 5.32. The number of thiazole rings is 1. The van der Waals surface area contributed by atoms with Gasteiger partial charge >= 0.3 is 0 Å². The van der Waals surface area contributed by atoms with Gasteiger partial charge in [0.15, 0.2) is 4.96 Å². The number of carbonyl (C=O) groups excluding carboxylic acids is 1. The predicted octanol–water partition coefficient (Wildman–Crippen LogP) is 3.37. The SMILES string of the molecule is Cc1cn2c(=O)c(C(=O)NCc3cccc(CN4CCCCCC4)c3)cnc2s1. The molecule has 1 aliphatic rings. The highest BCUT2D eigenvalue weighted by molar-refractivity contribution is 7.16. The normalized spacial score (nSPS) is 15.3. The van der Waals surface area contributed by atoms with Gasteiger partial charge < -0.3 is 5.32 Å². The van der Waals surface area contributed by atoms with Crippen molar-refractivity contribution in [1.29, 1.82) is 0 Å². The number of amides is 1. The van der Waals surface area contributed by atoms with Crippen LogP contribution in [0.15, 0.2) is 41.5 Å². The summed E-state index contributed by atoms with van der Waals surface area (Å²) in [5, 5.41) is 2.87. The zero-order valence-electron chi connectivity index (χ0n) is 16.7. The van der Waals surface area contributed by atoms with Crippen molar-refractivity contribution in [3.8, 4) is 0 Å². The van der Waals surface area contributed by atoms with Gasteiger partial charge in [0, 0.05) is 30.4 Å². The molecule has 1 fully saturated rings. The monoisotopic (exact) mass is 410 g/mol. The third kappa shape index (κ3) is 4.74. The number of nitrogens with one attached hydrogen (secondary N) is 1. The topological polar surface area (TPSA) is 66.7 Å². The maximum atomic E-state index is 12.6. The molecule has 29 heavy (non-hydrogen) atoms. The number of benzene rings is 1. The lowest BCUT2D eigenvalue weighted by Gasteiger charge is -2.20. The first-order valence-corrected chi connectivity index (χ1v) is 11.0. The number of rotatable bonds is 5. The summed E-state index contributed by atoms with van der Waals surface area (Å²) in [5.74, 6) is -0.390. The fourth-order valence-electron chi connectivity index (χ4n) is 3.82. The van der Waals surface area contributed by atoms with Crippen molar-refractivity contribution in [1.82, 2.24) is 19.6 Å². The molecule has 3 aromatic rings. The number of nitrogens with zero attached hydrogens (tertiary/aromatic N) is 3. The molecule has 0 unspecified atom stereocenters. The number of aromatic nitrogens is 2. The van der Waals surface area contributed by atoms with Crippen LogP contribution in [0.2, 0.25) is 0 Å².